The van der Waals surface area contributed by atoms with Crippen molar-refractivity contribution in [3.8, 4) is 0 Å². The summed E-state index contributed by atoms with van der Waals surface area (Å²) < 4.78 is 37.4. The highest BCUT2D eigenvalue weighted by Gasteiger charge is 2.39. The molecule has 1 aliphatic carbocycles. The predicted molar refractivity (Wildman–Crippen MR) is 87.8 cm³/mol. The average molecular weight is 366 g/mol. The van der Waals surface area contributed by atoms with Gasteiger partial charge in [0.1, 0.15) is 4.90 Å². The number of carbonyl (C=O) groups excluding carboxylic acids is 2. The van der Waals surface area contributed by atoms with Crippen LogP contribution in [0.5, 0.6) is 0 Å². The molecule has 0 aromatic heterocycles. The van der Waals surface area contributed by atoms with E-state index < -0.39 is 27.7 Å². The number of carbonyl (C=O) groups is 2. The van der Waals surface area contributed by atoms with Gasteiger partial charge in [0.2, 0.25) is 10.0 Å². The average Bonchev–Trinajstić information content (AvgIpc) is 3.28. The molecule has 9 heteroatoms. The second-order valence-electron chi connectivity index (χ2n) is 6.27. The van der Waals surface area contributed by atoms with Gasteiger partial charge in [-0.3, -0.25) is 0 Å². The zero-order chi connectivity index (χ0) is 18.2. The van der Waals surface area contributed by atoms with Gasteiger partial charge in [-0.2, -0.15) is 0 Å². The van der Waals surface area contributed by atoms with Crippen molar-refractivity contribution in [2.75, 3.05) is 5.32 Å². The minimum atomic E-state index is -3.70. The van der Waals surface area contributed by atoms with E-state index in [9.17, 15) is 18.0 Å². The van der Waals surface area contributed by atoms with Crippen molar-refractivity contribution >= 4 is 27.6 Å². The van der Waals surface area contributed by atoms with Crippen molar-refractivity contribution in [2.24, 2.45) is 0 Å². The number of ether oxygens (including phenoxy) is 2. The maximum Gasteiger partial charge on any atom is 0.350 e. The molecule has 1 aromatic rings. The van der Waals surface area contributed by atoms with Crippen LogP contribution in [0.25, 0.3) is 0 Å². The standard InChI is InChI=1S/C16H18N2O6S/c1-16(2)23-14(19)11(15(20)24-16)9-17-12-5-3-4-6-13(12)25(21,22)18-10-7-8-10/h3-6,9-10,17-18H,7-8H2,1-2H3. The maximum atomic E-state index is 12.4. The summed E-state index contributed by atoms with van der Waals surface area (Å²) in [5, 5.41) is 2.69. The summed E-state index contributed by atoms with van der Waals surface area (Å²) in [6, 6.07) is 6.15. The summed E-state index contributed by atoms with van der Waals surface area (Å²) >= 11 is 0. The lowest BCUT2D eigenvalue weighted by molar-refractivity contribution is -0.222. The summed E-state index contributed by atoms with van der Waals surface area (Å²) in [5.74, 6) is -3.02. The molecule has 1 aromatic carbocycles. The van der Waals surface area contributed by atoms with E-state index >= 15 is 0 Å². The number of rotatable bonds is 5. The van der Waals surface area contributed by atoms with Gasteiger partial charge in [0.15, 0.2) is 5.57 Å². The van der Waals surface area contributed by atoms with Crippen molar-refractivity contribution in [1.82, 2.24) is 4.72 Å². The number of esters is 2. The van der Waals surface area contributed by atoms with E-state index in [2.05, 4.69) is 10.0 Å². The topological polar surface area (TPSA) is 111 Å². The quantitative estimate of drug-likeness (QED) is 0.458. The van der Waals surface area contributed by atoms with E-state index in [1.807, 2.05) is 0 Å². The van der Waals surface area contributed by atoms with E-state index in [0.717, 1.165) is 19.0 Å². The summed E-state index contributed by atoms with van der Waals surface area (Å²) in [6.07, 6.45) is 2.71. The lowest BCUT2D eigenvalue weighted by Crippen LogP contribution is -2.42. The molecule has 0 radical (unpaired) electrons. The minimum Gasteiger partial charge on any atom is -0.419 e. The first-order valence-electron chi connectivity index (χ1n) is 7.73. The highest BCUT2D eigenvalue weighted by atomic mass is 32.2. The van der Waals surface area contributed by atoms with Crippen LogP contribution in [0.1, 0.15) is 26.7 Å². The molecule has 0 atom stereocenters. The van der Waals surface area contributed by atoms with E-state index in [1.165, 1.54) is 26.0 Å². The Labute approximate surface area is 145 Å². The third-order valence-electron chi connectivity index (χ3n) is 3.56. The first-order chi connectivity index (χ1) is 11.7. The Balaban J connectivity index is 1.84. The highest BCUT2D eigenvalue weighted by Crippen LogP contribution is 2.27. The number of para-hydroxylation sites is 1. The van der Waals surface area contributed by atoms with E-state index in [-0.39, 0.29) is 22.2 Å². The van der Waals surface area contributed by atoms with Crippen LogP contribution in [0.15, 0.2) is 40.9 Å². The van der Waals surface area contributed by atoms with Crippen molar-refractivity contribution in [2.45, 2.75) is 43.4 Å². The Bertz CT molecular complexity index is 833. The van der Waals surface area contributed by atoms with Gasteiger partial charge in [-0.05, 0) is 25.0 Å². The van der Waals surface area contributed by atoms with Gasteiger partial charge in [0, 0.05) is 26.1 Å². The second kappa shape index (κ2) is 6.16. The molecule has 25 heavy (non-hydrogen) atoms. The van der Waals surface area contributed by atoms with Gasteiger partial charge in [-0.1, -0.05) is 12.1 Å². The van der Waals surface area contributed by atoms with Crippen molar-refractivity contribution < 1.29 is 27.5 Å². The number of nitrogens with one attached hydrogen (secondary N) is 2. The molecule has 2 aliphatic rings. The summed E-state index contributed by atoms with van der Waals surface area (Å²) in [7, 11) is -3.70. The Morgan fingerprint density at radius 1 is 1.12 bits per heavy atom. The fourth-order valence-electron chi connectivity index (χ4n) is 2.23. The summed E-state index contributed by atoms with van der Waals surface area (Å²) in [6.45, 7) is 2.89. The van der Waals surface area contributed by atoms with Crippen LogP contribution in [-0.2, 0) is 29.1 Å². The van der Waals surface area contributed by atoms with E-state index in [0.29, 0.717) is 0 Å². The molecule has 134 valence electrons. The lowest BCUT2D eigenvalue weighted by atomic mass is 10.2. The number of benzene rings is 1. The van der Waals surface area contributed by atoms with Crippen LogP contribution >= 0.6 is 0 Å². The van der Waals surface area contributed by atoms with Crippen molar-refractivity contribution in [3.63, 3.8) is 0 Å². The fourth-order valence-corrected chi connectivity index (χ4v) is 3.71. The van der Waals surface area contributed by atoms with Crippen LogP contribution in [0.4, 0.5) is 5.69 Å². The predicted octanol–water partition coefficient (Wildman–Crippen LogP) is 1.26. The molecule has 1 saturated carbocycles. The van der Waals surface area contributed by atoms with Crippen LogP contribution in [0, 0.1) is 0 Å². The Morgan fingerprint density at radius 3 is 2.32 bits per heavy atom. The Hall–Kier alpha value is -2.39. The number of anilines is 1. The Kier molecular flexibility index (Phi) is 4.29. The largest absolute Gasteiger partial charge is 0.419 e. The molecule has 3 rings (SSSR count). The summed E-state index contributed by atoms with van der Waals surface area (Å²) in [5.41, 5.74) is -0.115. The second-order valence-corrected chi connectivity index (χ2v) is 7.96. The van der Waals surface area contributed by atoms with Crippen LogP contribution in [0.2, 0.25) is 0 Å². The van der Waals surface area contributed by atoms with E-state index in [4.69, 9.17) is 9.47 Å². The zero-order valence-electron chi connectivity index (χ0n) is 13.7. The minimum absolute atomic E-state index is 0.0247. The van der Waals surface area contributed by atoms with Gasteiger partial charge in [0.05, 0.1) is 5.69 Å². The smallest absolute Gasteiger partial charge is 0.350 e. The fraction of sp³-hybridized carbons (Fsp3) is 0.375. The first kappa shape index (κ1) is 17.4. The monoisotopic (exact) mass is 366 g/mol. The van der Waals surface area contributed by atoms with Gasteiger partial charge in [-0.25, -0.2) is 22.7 Å². The number of cyclic esters (lactones) is 2. The van der Waals surface area contributed by atoms with Crippen LogP contribution in [-0.4, -0.2) is 32.2 Å². The molecular weight excluding hydrogens is 348 g/mol. The molecule has 0 amide bonds. The Morgan fingerprint density at radius 2 is 1.72 bits per heavy atom. The van der Waals surface area contributed by atoms with Gasteiger partial charge < -0.3 is 14.8 Å². The first-order valence-corrected chi connectivity index (χ1v) is 9.21. The normalized spacial score (nSPS) is 19.8. The molecule has 2 N–H and O–H groups in total. The van der Waals surface area contributed by atoms with Crippen molar-refractivity contribution in [3.05, 3.63) is 36.0 Å². The molecule has 0 bridgehead atoms. The third kappa shape index (κ3) is 3.99. The van der Waals surface area contributed by atoms with Gasteiger partial charge >= 0.3 is 11.9 Å². The molecule has 0 spiro atoms. The molecule has 1 saturated heterocycles. The molecule has 1 aliphatic heterocycles. The number of hydrogen-bond donors (Lipinski definition) is 2. The van der Waals surface area contributed by atoms with E-state index in [1.54, 1.807) is 12.1 Å². The van der Waals surface area contributed by atoms with Gasteiger partial charge in [-0.15, -0.1) is 0 Å². The van der Waals surface area contributed by atoms with Gasteiger partial charge in [0.25, 0.3) is 5.79 Å². The SMILES string of the molecule is CC1(C)OC(=O)C(=CNc2ccccc2S(=O)(=O)NC2CC2)C(=O)O1. The lowest BCUT2D eigenvalue weighted by Gasteiger charge is -2.29. The molecule has 2 fully saturated rings. The summed E-state index contributed by atoms with van der Waals surface area (Å²) in [4.78, 5) is 23.9. The third-order valence-corrected chi connectivity index (χ3v) is 5.14. The van der Waals surface area contributed by atoms with Crippen LogP contribution in [0.3, 0.4) is 0 Å². The highest BCUT2D eigenvalue weighted by molar-refractivity contribution is 7.89. The number of sulfonamides is 1. The van der Waals surface area contributed by atoms with Crippen molar-refractivity contribution in [1.29, 1.82) is 0 Å². The number of hydrogen-bond acceptors (Lipinski definition) is 7. The zero-order valence-corrected chi connectivity index (χ0v) is 14.6. The molecule has 8 nitrogen and oxygen atoms in total. The molecular formula is C16H18N2O6S. The molecule has 0 unspecified atom stereocenters. The molecule has 1 heterocycles. The van der Waals surface area contributed by atoms with Crippen LogP contribution < -0.4 is 10.0 Å². The maximum absolute atomic E-state index is 12.4.